The van der Waals surface area contributed by atoms with E-state index in [2.05, 4.69) is 33.3 Å². The van der Waals surface area contributed by atoms with Gasteiger partial charge in [-0.3, -0.25) is 9.89 Å². The van der Waals surface area contributed by atoms with Crippen molar-refractivity contribution in [2.75, 3.05) is 31.9 Å². The summed E-state index contributed by atoms with van der Waals surface area (Å²) in [7, 11) is 0. The molecule has 8 nitrogen and oxygen atoms in total. The summed E-state index contributed by atoms with van der Waals surface area (Å²) < 4.78 is 14.6. The lowest BCUT2D eigenvalue weighted by Gasteiger charge is -2.20. The van der Waals surface area contributed by atoms with Gasteiger partial charge in [0, 0.05) is 12.6 Å². The van der Waals surface area contributed by atoms with Crippen molar-refractivity contribution < 1.29 is 4.39 Å². The molecule has 0 saturated carbocycles. The number of hydrogen-bond donors (Lipinski definition) is 3. The Bertz CT molecular complexity index is 919. The highest BCUT2D eigenvalue weighted by atomic mass is 127. The zero-order chi connectivity index (χ0) is 21.5. The van der Waals surface area contributed by atoms with Gasteiger partial charge in [0.05, 0.1) is 17.9 Å². The molecule has 1 aliphatic heterocycles. The predicted molar refractivity (Wildman–Crippen MR) is 131 cm³/mol. The van der Waals surface area contributed by atoms with E-state index in [0.29, 0.717) is 48.5 Å². The van der Waals surface area contributed by atoms with E-state index in [9.17, 15) is 9.65 Å². The van der Waals surface area contributed by atoms with Crippen LogP contribution in [-0.2, 0) is 6.42 Å². The van der Waals surface area contributed by atoms with Gasteiger partial charge in [-0.1, -0.05) is 6.92 Å². The van der Waals surface area contributed by atoms with Crippen molar-refractivity contribution in [3.8, 4) is 11.8 Å². The minimum atomic E-state index is -0.342. The molecule has 2 heterocycles. The summed E-state index contributed by atoms with van der Waals surface area (Å²) in [5.74, 6) is 0.353. The van der Waals surface area contributed by atoms with Crippen LogP contribution in [0.2, 0.25) is 0 Å². The van der Waals surface area contributed by atoms with Crippen molar-refractivity contribution in [1.29, 1.82) is 5.26 Å². The Labute approximate surface area is 199 Å². The molecule has 1 atom stereocenters. The first-order chi connectivity index (χ1) is 14.5. The predicted octanol–water partition coefficient (Wildman–Crippen LogP) is 2.40. The van der Waals surface area contributed by atoms with Gasteiger partial charge in [-0.25, -0.2) is 9.07 Å². The summed E-state index contributed by atoms with van der Waals surface area (Å²) in [5.41, 5.74) is 13.6. The average Bonchev–Trinajstić information content (AvgIpc) is 3.33. The largest absolute Gasteiger partial charge is 0.382 e. The van der Waals surface area contributed by atoms with Crippen LogP contribution in [0.5, 0.6) is 0 Å². The number of rotatable bonds is 8. The average molecular weight is 540 g/mol. The summed E-state index contributed by atoms with van der Waals surface area (Å²) in [6.07, 6.45) is 3.67. The Kier molecular flexibility index (Phi) is 9.51. The number of likely N-dealkylation sites (tertiary alicyclic amines) is 1. The lowest BCUT2D eigenvalue weighted by atomic mass is 10.1. The Hall–Kier alpha value is -2.39. The van der Waals surface area contributed by atoms with Crippen LogP contribution in [0.3, 0.4) is 0 Å². The number of aromatic nitrogens is 2. The van der Waals surface area contributed by atoms with Gasteiger partial charge in [-0.15, -0.1) is 24.0 Å². The molecule has 1 aromatic heterocycles. The van der Waals surface area contributed by atoms with Gasteiger partial charge >= 0.3 is 0 Å². The molecule has 168 valence electrons. The van der Waals surface area contributed by atoms with Gasteiger partial charge in [-0.2, -0.15) is 10.4 Å². The van der Waals surface area contributed by atoms with Crippen LogP contribution in [0.1, 0.15) is 37.4 Å². The molecular weight excluding hydrogens is 510 g/mol. The smallest absolute Gasteiger partial charge is 0.188 e. The topological polar surface area (TPSA) is 121 Å². The highest BCUT2D eigenvalue weighted by Gasteiger charge is 2.22. The van der Waals surface area contributed by atoms with Crippen molar-refractivity contribution in [1.82, 2.24) is 20.0 Å². The van der Waals surface area contributed by atoms with Crippen LogP contribution >= 0.6 is 24.0 Å². The molecular formula is C21H30FIN8. The maximum atomic E-state index is 13.2. The van der Waals surface area contributed by atoms with Crippen LogP contribution < -0.4 is 16.8 Å². The van der Waals surface area contributed by atoms with Gasteiger partial charge in [0.2, 0.25) is 0 Å². The summed E-state index contributed by atoms with van der Waals surface area (Å²) in [5, 5.41) is 17.0. The second-order valence-corrected chi connectivity index (χ2v) is 7.39. The first kappa shape index (κ1) is 24.9. The van der Waals surface area contributed by atoms with Crippen molar-refractivity contribution in [2.45, 2.75) is 38.6 Å². The van der Waals surface area contributed by atoms with Crippen molar-refractivity contribution in [2.24, 2.45) is 10.7 Å². The molecule has 2 aromatic rings. The first-order valence-electron chi connectivity index (χ1n) is 10.3. The molecule has 1 unspecified atom stereocenters. The fourth-order valence-corrected chi connectivity index (χ4v) is 3.80. The molecule has 10 heteroatoms. The number of nitrogens with zero attached hydrogens (tertiary/aromatic N) is 5. The highest BCUT2D eigenvalue weighted by molar-refractivity contribution is 14.0. The van der Waals surface area contributed by atoms with Crippen LogP contribution in [0, 0.1) is 17.1 Å². The molecule has 1 fully saturated rings. The zero-order valence-electron chi connectivity index (χ0n) is 17.7. The number of benzene rings is 1. The Morgan fingerprint density at radius 2 is 2.13 bits per heavy atom. The number of likely N-dealkylation sites (N-methyl/N-ethyl adjacent to an activating group) is 1. The summed E-state index contributed by atoms with van der Waals surface area (Å²) in [6.45, 7) is 5.68. The van der Waals surface area contributed by atoms with E-state index < -0.39 is 0 Å². The number of nitrogen functional groups attached to an aromatic ring is 1. The van der Waals surface area contributed by atoms with Crippen molar-refractivity contribution >= 4 is 35.8 Å². The maximum Gasteiger partial charge on any atom is 0.188 e. The van der Waals surface area contributed by atoms with Gasteiger partial charge in [-0.05, 0) is 63.0 Å². The molecule has 31 heavy (non-hydrogen) atoms. The SMILES string of the molecule is CCN1CCCC1CN=C(N)NCCCc1nn(-c2ccc(F)cc2)c(N)c1C#N.I. The van der Waals surface area contributed by atoms with E-state index in [1.165, 1.54) is 29.7 Å². The van der Waals surface area contributed by atoms with E-state index >= 15 is 0 Å². The minimum absolute atomic E-state index is 0. The highest BCUT2D eigenvalue weighted by Crippen LogP contribution is 2.21. The van der Waals surface area contributed by atoms with E-state index in [1.54, 1.807) is 12.1 Å². The van der Waals surface area contributed by atoms with Crippen molar-refractivity contribution in [3.05, 3.63) is 41.3 Å². The number of aliphatic imine (C=N–C) groups is 1. The van der Waals surface area contributed by atoms with Crippen LogP contribution in [0.4, 0.5) is 10.2 Å². The van der Waals surface area contributed by atoms with E-state index in [1.807, 2.05) is 0 Å². The lowest BCUT2D eigenvalue weighted by Crippen LogP contribution is -2.36. The molecule has 1 aromatic carbocycles. The third kappa shape index (κ3) is 6.30. The molecule has 0 amide bonds. The maximum absolute atomic E-state index is 13.2. The number of nitriles is 1. The number of guanidine groups is 1. The fourth-order valence-electron chi connectivity index (χ4n) is 3.80. The second kappa shape index (κ2) is 11.9. The summed E-state index contributed by atoms with van der Waals surface area (Å²) in [4.78, 5) is 6.90. The minimum Gasteiger partial charge on any atom is -0.382 e. The van der Waals surface area contributed by atoms with E-state index in [4.69, 9.17) is 11.5 Å². The lowest BCUT2D eigenvalue weighted by molar-refractivity contribution is 0.273. The van der Waals surface area contributed by atoms with Gasteiger partial charge in [0.1, 0.15) is 23.3 Å². The molecule has 1 saturated heterocycles. The van der Waals surface area contributed by atoms with Gasteiger partial charge in [0.25, 0.3) is 0 Å². The Morgan fingerprint density at radius 3 is 2.81 bits per heavy atom. The molecule has 0 aliphatic carbocycles. The van der Waals surface area contributed by atoms with Gasteiger partial charge < -0.3 is 16.8 Å². The normalized spacial score (nSPS) is 16.7. The zero-order valence-corrected chi connectivity index (χ0v) is 20.1. The number of anilines is 1. The molecule has 3 rings (SSSR count). The molecule has 1 aliphatic rings. The molecule has 5 N–H and O–H groups in total. The second-order valence-electron chi connectivity index (χ2n) is 7.39. The standard InChI is InChI=1S/C21H29FN8.HI/c1-2-29-12-4-5-17(29)14-27-21(25)26-11-3-6-19-18(13-23)20(24)30(28-19)16-9-7-15(22)8-10-16;/h7-10,17H,2-6,11-12,14,24H2,1H3,(H3,25,26,27);1H. The van der Waals surface area contributed by atoms with E-state index in [0.717, 1.165) is 19.5 Å². The Balaban J connectivity index is 0.00000341. The van der Waals surface area contributed by atoms with E-state index in [-0.39, 0.29) is 35.6 Å². The Morgan fingerprint density at radius 1 is 1.39 bits per heavy atom. The number of nitrogens with two attached hydrogens (primary N) is 2. The summed E-state index contributed by atoms with van der Waals surface area (Å²) in [6, 6.07) is 8.42. The molecule has 0 radical (unpaired) electrons. The molecule has 0 spiro atoms. The fraction of sp³-hybridized carbons (Fsp3) is 0.476. The first-order valence-corrected chi connectivity index (χ1v) is 10.3. The molecule has 0 bridgehead atoms. The monoisotopic (exact) mass is 540 g/mol. The number of nitrogens with one attached hydrogen (secondary N) is 1. The third-order valence-electron chi connectivity index (χ3n) is 5.45. The summed E-state index contributed by atoms with van der Waals surface area (Å²) >= 11 is 0. The number of aryl methyl sites for hydroxylation is 1. The van der Waals surface area contributed by atoms with Crippen molar-refractivity contribution in [3.63, 3.8) is 0 Å². The third-order valence-corrected chi connectivity index (χ3v) is 5.45. The number of hydrogen-bond acceptors (Lipinski definition) is 5. The van der Waals surface area contributed by atoms with Crippen LogP contribution in [0.15, 0.2) is 29.3 Å². The quantitative estimate of drug-likeness (QED) is 0.205. The van der Waals surface area contributed by atoms with Crippen LogP contribution in [0.25, 0.3) is 5.69 Å². The number of halogens is 2. The van der Waals surface area contributed by atoms with Gasteiger partial charge in [0.15, 0.2) is 5.96 Å². The van der Waals surface area contributed by atoms with Crippen LogP contribution in [-0.4, -0.2) is 52.9 Å².